The van der Waals surface area contributed by atoms with E-state index in [1.165, 1.54) is 129 Å². The Morgan fingerprint density at radius 1 is 0.500 bits per heavy atom. The van der Waals surface area contributed by atoms with Gasteiger partial charge in [0, 0.05) is 60.7 Å². The zero-order valence-electron chi connectivity index (χ0n) is 42.4. The lowest BCUT2D eigenvalue weighted by atomic mass is 9.33. The molecular weight excluding hydrogens is 842 g/mol. The standard InChI is InChI=1S/C63H66BN3S/c1-39-34-54-57-55(35-39)66(52-20-17-19-46-45-18-13-14-21-56(45)68-58(46)52)53-38-44(67-50-30-24-41(60(5,6)7)36-47(50)62(11)32-15-16-33-63(62,67)12)28-29-48(53)64(57)49-37-42(61(8,9)10)25-31-51(49)65(54)43-26-22-40(23-27-43)59(2,3)4/h13-14,17-31,34-38H,15-16,32-33H2,1-12H3. The molecular formula is C63H66BN3S. The van der Waals surface area contributed by atoms with Crippen molar-refractivity contribution in [2.45, 2.75) is 136 Å². The summed E-state index contributed by atoms with van der Waals surface area (Å²) in [5.41, 5.74) is 21.2. The number of aryl methyl sites for hydroxylation is 1. The molecule has 0 bridgehead atoms. The summed E-state index contributed by atoms with van der Waals surface area (Å²) in [7, 11) is 0. The largest absolute Gasteiger partial charge is 0.334 e. The van der Waals surface area contributed by atoms with Crippen LogP contribution in [-0.4, -0.2) is 12.3 Å². The van der Waals surface area contributed by atoms with E-state index in [2.05, 4.69) is 231 Å². The van der Waals surface area contributed by atoms with E-state index in [1.54, 1.807) is 0 Å². The van der Waals surface area contributed by atoms with E-state index in [9.17, 15) is 0 Å². The molecule has 8 aromatic rings. The molecule has 1 aromatic heterocycles. The number of fused-ring (bicyclic) bond motifs is 10. The molecule has 68 heavy (non-hydrogen) atoms. The Kier molecular flexibility index (Phi) is 9.36. The second-order valence-electron chi connectivity index (χ2n) is 24.3. The third-order valence-corrected chi connectivity index (χ3v) is 18.1. The van der Waals surface area contributed by atoms with Crippen LogP contribution < -0.4 is 31.1 Å². The van der Waals surface area contributed by atoms with Gasteiger partial charge in [0.05, 0.1) is 15.9 Å². The van der Waals surface area contributed by atoms with Crippen molar-refractivity contribution in [2.75, 3.05) is 14.7 Å². The van der Waals surface area contributed by atoms with Crippen molar-refractivity contribution in [1.82, 2.24) is 0 Å². The van der Waals surface area contributed by atoms with Crippen LogP contribution in [0.15, 0.2) is 133 Å². The minimum absolute atomic E-state index is 0.0209. The fourth-order valence-corrected chi connectivity index (χ4v) is 14.1. The Balaban J connectivity index is 1.16. The van der Waals surface area contributed by atoms with Crippen LogP contribution in [-0.2, 0) is 21.7 Å². The molecule has 0 spiro atoms. The lowest BCUT2D eigenvalue weighted by Gasteiger charge is -2.50. The molecule has 3 nitrogen and oxygen atoms in total. The Morgan fingerprint density at radius 2 is 1.12 bits per heavy atom. The molecule has 7 aromatic carbocycles. The molecule has 0 saturated heterocycles. The first-order valence-electron chi connectivity index (χ1n) is 25.3. The highest BCUT2D eigenvalue weighted by atomic mass is 32.1. The molecule has 0 radical (unpaired) electrons. The molecule has 4 aliphatic rings. The number of anilines is 8. The third kappa shape index (κ3) is 6.22. The highest BCUT2D eigenvalue weighted by Crippen LogP contribution is 2.62. The molecule has 2 atom stereocenters. The Bertz CT molecular complexity index is 3380. The zero-order valence-corrected chi connectivity index (χ0v) is 43.2. The molecule has 342 valence electrons. The highest BCUT2D eigenvalue weighted by Gasteiger charge is 2.58. The first kappa shape index (κ1) is 43.5. The summed E-state index contributed by atoms with van der Waals surface area (Å²) in [5.74, 6) is 0. The molecule has 0 amide bonds. The fraction of sp³-hybridized carbons (Fsp3) is 0.333. The maximum Gasteiger partial charge on any atom is 0.252 e. The summed E-state index contributed by atoms with van der Waals surface area (Å²) in [6.45, 7) is 28.6. The summed E-state index contributed by atoms with van der Waals surface area (Å²) in [4.78, 5) is 8.05. The maximum atomic E-state index is 2.79. The van der Waals surface area contributed by atoms with Crippen molar-refractivity contribution < 1.29 is 0 Å². The number of benzene rings is 7. The molecule has 1 fully saturated rings. The molecule has 1 aliphatic carbocycles. The van der Waals surface area contributed by atoms with E-state index in [1.807, 2.05) is 11.3 Å². The van der Waals surface area contributed by atoms with Crippen molar-refractivity contribution in [3.63, 3.8) is 0 Å². The molecule has 1 saturated carbocycles. The molecule has 0 N–H and O–H groups in total. The van der Waals surface area contributed by atoms with Gasteiger partial charge < -0.3 is 14.7 Å². The van der Waals surface area contributed by atoms with Crippen molar-refractivity contribution >= 4 is 100 Å². The normalized spacial score (nSPS) is 19.8. The van der Waals surface area contributed by atoms with Gasteiger partial charge in [-0.1, -0.05) is 155 Å². The lowest BCUT2D eigenvalue weighted by Crippen LogP contribution is -2.61. The SMILES string of the molecule is Cc1cc2c3c(c1)N(c1cccc4c1sc1ccccc14)c1cc(N4c5ccc(C(C)(C)C)cc5C5(C)CCCCC45C)ccc1B3c1cc(C(C)(C)C)ccc1N2c1ccc(C(C)(C)C)cc1. The fourth-order valence-electron chi connectivity index (χ4n) is 12.9. The Hall–Kier alpha value is -5.78. The van der Waals surface area contributed by atoms with Gasteiger partial charge in [0.25, 0.3) is 6.71 Å². The van der Waals surface area contributed by atoms with Gasteiger partial charge in [-0.2, -0.15) is 0 Å². The van der Waals surface area contributed by atoms with Gasteiger partial charge in [0.2, 0.25) is 0 Å². The van der Waals surface area contributed by atoms with Crippen molar-refractivity contribution in [1.29, 1.82) is 0 Å². The van der Waals surface area contributed by atoms with Crippen LogP contribution >= 0.6 is 11.3 Å². The van der Waals surface area contributed by atoms with Crippen LogP contribution in [0.1, 0.15) is 130 Å². The quantitative estimate of drug-likeness (QED) is 0.164. The number of nitrogens with zero attached hydrogens (tertiary/aromatic N) is 3. The van der Waals surface area contributed by atoms with Crippen molar-refractivity contribution in [3.05, 3.63) is 161 Å². The van der Waals surface area contributed by atoms with Gasteiger partial charge in [0.1, 0.15) is 0 Å². The first-order chi connectivity index (χ1) is 32.3. The second-order valence-corrected chi connectivity index (χ2v) is 25.3. The highest BCUT2D eigenvalue weighted by molar-refractivity contribution is 7.26. The van der Waals surface area contributed by atoms with E-state index in [0.717, 1.165) is 6.42 Å². The number of hydrogen-bond donors (Lipinski definition) is 0. The summed E-state index contributed by atoms with van der Waals surface area (Å²) in [5, 5.41) is 2.64. The molecule has 4 heterocycles. The number of hydrogen-bond acceptors (Lipinski definition) is 4. The third-order valence-electron chi connectivity index (χ3n) is 16.9. The van der Waals surface area contributed by atoms with Crippen LogP contribution in [0.4, 0.5) is 45.5 Å². The van der Waals surface area contributed by atoms with Crippen LogP contribution in [0.3, 0.4) is 0 Å². The monoisotopic (exact) mass is 908 g/mol. The zero-order chi connectivity index (χ0) is 47.4. The van der Waals surface area contributed by atoms with E-state index in [-0.39, 0.29) is 33.9 Å². The summed E-state index contributed by atoms with van der Waals surface area (Å²) >= 11 is 1.93. The summed E-state index contributed by atoms with van der Waals surface area (Å²) < 4.78 is 2.65. The average molecular weight is 908 g/mol. The van der Waals surface area contributed by atoms with Gasteiger partial charge in [-0.25, -0.2) is 0 Å². The number of rotatable bonds is 3. The van der Waals surface area contributed by atoms with Crippen LogP contribution in [0, 0.1) is 6.92 Å². The molecule has 12 rings (SSSR count). The van der Waals surface area contributed by atoms with E-state index >= 15 is 0 Å². The van der Waals surface area contributed by atoms with E-state index < -0.39 is 0 Å². The van der Waals surface area contributed by atoms with Crippen LogP contribution in [0.5, 0.6) is 0 Å². The van der Waals surface area contributed by atoms with Gasteiger partial charge in [-0.05, 0) is 148 Å². The van der Waals surface area contributed by atoms with Crippen molar-refractivity contribution in [3.8, 4) is 0 Å². The van der Waals surface area contributed by atoms with Crippen LogP contribution in [0.25, 0.3) is 20.2 Å². The average Bonchev–Trinajstić information content (AvgIpc) is 3.77. The van der Waals surface area contributed by atoms with Crippen molar-refractivity contribution in [2.24, 2.45) is 0 Å². The van der Waals surface area contributed by atoms with Gasteiger partial charge in [0.15, 0.2) is 0 Å². The van der Waals surface area contributed by atoms with Gasteiger partial charge >= 0.3 is 0 Å². The minimum atomic E-state index is -0.0763. The maximum absolute atomic E-state index is 2.79. The van der Waals surface area contributed by atoms with E-state index in [0.29, 0.717) is 0 Å². The second kappa shape index (κ2) is 14.6. The lowest BCUT2D eigenvalue weighted by molar-refractivity contribution is 0.195. The smallest absolute Gasteiger partial charge is 0.252 e. The Morgan fingerprint density at radius 3 is 1.84 bits per heavy atom. The molecule has 2 unspecified atom stereocenters. The summed E-state index contributed by atoms with van der Waals surface area (Å²) in [6, 6.07) is 52.8. The molecule has 5 heteroatoms. The topological polar surface area (TPSA) is 9.72 Å². The predicted octanol–water partition coefficient (Wildman–Crippen LogP) is 16.1. The van der Waals surface area contributed by atoms with Gasteiger partial charge in [-0.15, -0.1) is 11.3 Å². The summed E-state index contributed by atoms with van der Waals surface area (Å²) in [6.07, 6.45) is 4.87. The predicted molar refractivity (Wildman–Crippen MR) is 297 cm³/mol. The molecule has 3 aliphatic heterocycles. The van der Waals surface area contributed by atoms with E-state index in [4.69, 9.17) is 0 Å². The Labute approximate surface area is 409 Å². The number of thiophene rings is 1. The van der Waals surface area contributed by atoms with Gasteiger partial charge in [-0.3, -0.25) is 0 Å². The minimum Gasteiger partial charge on any atom is -0.334 e. The first-order valence-corrected chi connectivity index (χ1v) is 26.1. The van der Waals surface area contributed by atoms with Crippen LogP contribution in [0.2, 0.25) is 0 Å².